The lowest BCUT2D eigenvalue weighted by molar-refractivity contribution is -0.104. The summed E-state index contributed by atoms with van der Waals surface area (Å²) in [6.45, 7) is 1.84. The number of aldehydes is 1. The average molecular weight is 163 g/mol. The standard InChI is InChI=1S/C5H7BrO/c1-2-5(3-6)4-7/h2,4H,3H2,1H3/b5-2+. The molecule has 0 amide bonds. The van der Waals surface area contributed by atoms with Crippen molar-refractivity contribution in [3.63, 3.8) is 0 Å². The molecular weight excluding hydrogens is 156 g/mol. The third kappa shape index (κ3) is 2.57. The predicted molar refractivity (Wildman–Crippen MR) is 33.6 cm³/mol. The first-order valence-electron chi connectivity index (χ1n) is 2.01. The molecule has 0 unspecified atom stereocenters. The first kappa shape index (κ1) is 6.89. The van der Waals surface area contributed by atoms with Gasteiger partial charge in [0.05, 0.1) is 0 Å². The summed E-state index contributed by atoms with van der Waals surface area (Å²) in [6.07, 6.45) is 2.62. The van der Waals surface area contributed by atoms with Crippen LogP contribution in [0.25, 0.3) is 0 Å². The molecule has 0 aliphatic carbocycles. The zero-order valence-electron chi connectivity index (χ0n) is 4.15. The first-order valence-corrected chi connectivity index (χ1v) is 3.13. The fraction of sp³-hybridized carbons (Fsp3) is 0.400. The van der Waals surface area contributed by atoms with Gasteiger partial charge in [0, 0.05) is 5.33 Å². The lowest BCUT2D eigenvalue weighted by Crippen LogP contribution is -1.81. The predicted octanol–water partition coefficient (Wildman–Crippen LogP) is 1.53. The van der Waals surface area contributed by atoms with Crippen molar-refractivity contribution >= 4 is 22.2 Å². The minimum Gasteiger partial charge on any atom is -0.298 e. The van der Waals surface area contributed by atoms with Crippen LogP contribution in [0.2, 0.25) is 0 Å². The smallest absolute Gasteiger partial charge is 0.146 e. The maximum absolute atomic E-state index is 9.87. The summed E-state index contributed by atoms with van der Waals surface area (Å²) in [5.41, 5.74) is 0.792. The van der Waals surface area contributed by atoms with Crippen molar-refractivity contribution in [1.29, 1.82) is 0 Å². The lowest BCUT2D eigenvalue weighted by Gasteiger charge is -1.82. The van der Waals surface area contributed by atoms with E-state index in [2.05, 4.69) is 15.9 Å². The Morgan fingerprint density at radius 3 is 2.43 bits per heavy atom. The zero-order chi connectivity index (χ0) is 5.70. The van der Waals surface area contributed by atoms with Crippen LogP contribution < -0.4 is 0 Å². The highest BCUT2D eigenvalue weighted by atomic mass is 79.9. The van der Waals surface area contributed by atoms with Crippen LogP contribution in [-0.2, 0) is 4.79 Å². The second kappa shape index (κ2) is 4.06. The molecule has 0 radical (unpaired) electrons. The zero-order valence-corrected chi connectivity index (χ0v) is 5.73. The maximum Gasteiger partial charge on any atom is 0.146 e. The van der Waals surface area contributed by atoms with E-state index in [1.807, 2.05) is 6.92 Å². The highest BCUT2D eigenvalue weighted by Gasteiger charge is 1.83. The van der Waals surface area contributed by atoms with Crippen LogP contribution in [0.5, 0.6) is 0 Å². The monoisotopic (exact) mass is 162 g/mol. The lowest BCUT2D eigenvalue weighted by atomic mass is 10.3. The van der Waals surface area contributed by atoms with E-state index in [4.69, 9.17) is 0 Å². The van der Waals surface area contributed by atoms with E-state index in [0.717, 1.165) is 11.9 Å². The van der Waals surface area contributed by atoms with Gasteiger partial charge in [-0.3, -0.25) is 4.79 Å². The number of halogens is 1. The Hall–Kier alpha value is -0.110. The highest BCUT2D eigenvalue weighted by molar-refractivity contribution is 9.09. The van der Waals surface area contributed by atoms with Gasteiger partial charge in [-0.15, -0.1) is 0 Å². The minimum atomic E-state index is 0.660. The van der Waals surface area contributed by atoms with Gasteiger partial charge in [-0.05, 0) is 12.5 Å². The fourth-order valence-corrected chi connectivity index (χ4v) is 0.633. The van der Waals surface area contributed by atoms with Crippen molar-refractivity contribution in [2.24, 2.45) is 0 Å². The van der Waals surface area contributed by atoms with Crippen LogP contribution in [0.15, 0.2) is 11.6 Å². The fourth-order valence-electron chi connectivity index (χ4n) is 0.177. The van der Waals surface area contributed by atoms with E-state index in [-0.39, 0.29) is 0 Å². The molecule has 0 spiro atoms. The number of rotatable bonds is 2. The van der Waals surface area contributed by atoms with Gasteiger partial charge in [-0.2, -0.15) is 0 Å². The molecule has 40 valence electrons. The van der Waals surface area contributed by atoms with Crippen LogP contribution in [0, 0.1) is 0 Å². The molecule has 0 aliphatic heterocycles. The van der Waals surface area contributed by atoms with Crippen LogP contribution in [-0.4, -0.2) is 11.6 Å². The maximum atomic E-state index is 9.87. The van der Waals surface area contributed by atoms with Crippen molar-refractivity contribution in [3.05, 3.63) is 11.6 Å². The van der Waals surface area contributed by atoms with Crippen LogP contribution >= 0.6 is 15.9 Å². The molecule has 2 heteroatoms. The summed E-state index contributed by atoms with van der Waals surface area (Å²) in [6, 6.07) is 0. The molecule has 0 fully saturated rings. The van der Waals surface area contributed by atoms with Crippen LogP contribution in [0.3, 0.4) is 0 Å². The number of alkyl halides is 1. The third-order valence-electron chi connectivity index (χ3n) is 0.676. The van der Waals surface area contributed by atoms with Gasteiger partial charge in [0.2, 0.25) is 0 Å². The normalized spacial score (nSPS) is 11.4. The summed E-state index contributed by atoms with van der Waals surface area (Å²) in [7, 11) is 0. The average Bonchev–Trinajstić information content (AvgIpc) is 1.72. The van der Waals surface area contributed by atoms with Gasteiger partial charge in [-0.25, -0.2) is 0 Å². The Balaban J connectivity index is 3.60. The molecule has 0 aromatic carbocycles. The highest BCUT2D eigenvalue weighted by Crippen LogP contribution is 1.92. The van der Waals surface area contributed by atoms with Crippen molar-refractivity contribution < 1.29 is 4.79 Å². The molecule has 7 heavy (non-hydrogen) atoms. The number of hydrogen-bond acceptors (Lipinski definition) is 1. The number of hydrogen-bond donors (Lipinski definition) is 0. The van der Waals surface area contributed by atoms with Gasteiger partial charge >= 0.3 is 0 Å². The number of allylic oxidation sites excluding steroid dienone is 2. The van der Waals surface area contributed by atoms with Gasteiger partial charge in [0.1, 0.15) is 6.29 Å². The van der Waals surface area contributed by atoms with Crippen molar-refractivity contribution in [1.82, 2.24) is 0 Å². The molecule has 0 saturated carbocycles. The quantitative estimate of drug-likeness (QED) is 0.342. The molecule has 0 rings (SSSR count). The number of carbonyl (C=O) groups excluding carboxylic acids is 1. The molecule has 0 aliphatic rings. The molecule has 0 N–H and O–H groups in total. The van der Waals surface area contributed by atoms with Crippen LogP contribution in [0.1, 0.15) is 6.92 Å². The summed E-state index contributed by atoms with van der Waals surface area (Å²) >= 11 is 3.14. The molecular formula is C5H7BrO. The first-order chi connectivity index (χ1) is 3.35. The van der Waals surface area contributed by atoms with Crippen molar-refractivity contribution in [2.75, 3.05) is 5.33 Å². The molecule has 0 atom stereocenters. The van der Waals surface area contributed by atoms with E-state index in [0.29, 0.717) is 5.33 Å². The largest absolute Gasteiger partial charge is 0.298 e. The second-order valence-corrected chi connectivity index (χ2v) is 1.68. The summed E-state index contributed by atoms with van der Waals surface area (Å²) in [5.74, 6) is 0. The molecule has 0 aromatic rings. The Kier molecular flexibility index (Phi) is 4.00. The molecule has 1 nitrogen and oxygen atoms in total. The Morgan fingerprint density at radius 2 is 2.43 bits per heavy atom. The third-order valence-corrected chi connectivity index (χ3v) is 1.32. The summed E-state index contributed by atoms with van der Waals surface area (Å²) in [5, 5.41) is 0.660. The summed E-state index contributed by atoms with van der Waals surface area (Å²) < 4.78 is 0. The molecule has 0 bridgehead atoms. The second-order valence-electron chi connectivity index (χ2n) is 1.12. The van der Waals surface area contributed by atoms with E-state index >= 15 is 0 Å². The van der Waals surface area contributed by atoms with E-state index in [1.54, 1.807) is 6.08 Å². The van der Waals surface area contributed by atoms with E-state index in [9.17, 15) is 4.79 Å². The Bertz CT molecular complexity index is 86.1. The van der Waals surface area contributed by atoms with E-state index in [1.165, 1.54) is 0 Å². The minimum absolute atomic E-state index is 0.660. The van der Waals surface area contributed by atoms with Crippen molar-refractivity contribution in [2.45, 2.75) is 6.92 Å². The van der Waals surface area contributed by atoms with Gasteiger partial charge in [0.15, 0.2) is 0 Å². The van der Waals surface area contributed by atoms with Gasteiger partial charge in [-0.1, -0.05) is 22.0 Å². The van der Waals surface area contributed by atoms with Crippen LogP contribution in [0.4, 0.5) is 0 Å². The van der Waals surface area contributed by atoms with E-state index < -0.39 is 0 Å². The topological polar surface area (TPSA) is 17.1 Å². The Morgan fingerprint density at radius 1 is 1.86 bits per heavy atom. The van der Waals surface area contributed by atoms with Gasteiger partial charge in [0.25, 0.3) is 0 Å². The number of carbonyl (C=O) groups is 1. The SMILES string of the molecule is C/C=C(/C=O)CBr. The van der Waals surface area contributed by atoms with Crippen molar-refractivity contribution in [3.8, 4) is 0 Å². The summed E-state index contributed by atoms with van der Waals surface area (Å²) in [4.78, 5) is 9.87. The Labute approximate surface area is 51.5 Å². The molecule has 0 heterocycles. The molecule has 0 aromatic heterocycles. The molecule has 0 saturated heterocycles. The van der Waals surface area contributed by atoms with Gasteiger partial charge < -0.3 is 0 Å².